The van der Waals surface area contributed by atoms with Gasteiger partial charge in [-0.05, 0) is 38.1 Å². The Bertz CT molecular complexity index is 3020. The fourth-order valence-corrected chi connectivity index (χ4v) is 11.2. The van der Waals surface area contributed by atoms with Crippen LogP contribution in [-0.4, -0.2) is 168 Å². The molecule has 5 bridgehead atoms. The predicted molar refractivity (Wildman–Crippen MR) is 285 cm³/mol. The van der Waals surface area contributed by atoms with E-state index in [1.54, 1.807) is 55.7 Å². The van der Waals surface area contributed by atoms with Crippen molar-refractivity contribution in [3.63, 3.8) is 0 Å². The number of phenolic OH excluding ortho intramolecular Hbond substituents is 1. The van der Waals surface area contributed by atoms with Gasteiger partial charge in [0.15, 0.2) is 0 Å². The van der Waals surface area contributed by atoms with Crippen molar-refractivity contribution in [1.82, 2.24) is 20.4 Å². The average Bonchev–Trinajstić information content (AvgIpc) is 4.13. The molecule has 6 aliphatic heterocycles. The number of carbonyl (C=O) groups excluding carboxylic acids is 8. The molecule has 2 aromatic rings. The number of aliphatic hydroxyl groups excluding tert-OH is 2. The van der Waals surface area contributed by atoms with Crippen molar-refractivity contribution in [2.24, 2.45) is 29.6 Å². The van der Waals surface area contributed by atoms with Gasteiger partial charge in [-0.25, -0.2) is 9.18 Å². The number of phenols is 1. The molecule has 0 radical (unpaired) electrons. The number of piperazine rings is 1. The van der Waals surface area contributed by atoms with E-state index in [9.17, 15) is 48.9 Å². The van der Waals surface area contributed by atoms with Gasteiger partial charge in [0.1, 0.15) is 40.9 Å². The molecule has 23 heteroatoms. The first-order chi connectivity index (χ1) is 37.8. The van der Waals surface area contributed by atoms with Crippen LogP contribution in [0.3, 0.4) is 0 Å². The van der Waals surface area contributed by atoms with Crippen molar-refractivity contribution in [1.29, 1.82) is 0 Å². The minimum atomic E-state index is -2.18. The van der Waals surface area contributed by atoms with Crippen LogP contribution < -0.4 is 25.2 Å². The Hall–Kier alpha value is -7.63. The van der Waals surface area contributed by atoms with E-state index in [0.29, 0.717) is 0 Å². The van der Waals surface area contributed by atoms with Gasteiger partial charge in [-0.2, -0.15) is 0 Å². The largest absolute Gasteiger partial charge is 0.507 e. The number of nitrogens with zero attached hydrogens (tertiary/aromatic N) is 4. The van der Waals surface area contributed by atoms with Gasteiger partial charge in [0, 0.05) is 102 Å². The van der Waals surface area contributed by atoms with Gasteiger partial charge in [-0.3, -0.25) is 38.5 Å². The van der Waals surface area contributed by atoms with Crippen LogP contribution in [-0.2, 0) is 38.1 Å². The first kappa shape index (κ1) is 58.5. The van der Waals surface area contributed by atoms with Crippen LogP contribution in [0, 0.1) is 42.3 Å². The molecule has 10 atom stereocenters. The van der Waals surface area contributed by atoms with E-state index >= 15 is 9.18 Å². The van der Waals surface area contributed by atoms with Gasteiger partial charge in [-0.1, -0.05) is 45.9 Å². The molecule has 6 heterocycles. The number of cyclic esters (lactones) is 1. The van der Waals surface area contributed by atoms with Gasteiger partial charge < -0.3 is 64.3 Å². The Labute approximate surface area is 462 Å². The van der Waals surface area contributed by atoms with Gasteiger partial charge in [-0.15, -0.1) is 0 Å². The smallest absolute Gasteiger partial charge is 0.414 e. The Morgan fingerprint density at radius 2 is 1.56 bits per heavy atom. The molecule has 1 aliphatic carbocycles. The number of carbonyl (C=O) groups is 8. The lowest BCUT2D eigenvalue weighted by Gasteiger charge is -2.45. The van der Waals surface area contributed by atoms with Crippen molar-refractivity contribution in [3.8, 4) is 11.5 Å². The van der Waals surface area contributed by atoms with E-state index in [1.165, 1.54) is 75.8 Å². The number of Topliss-reactive ketones (excluding diaryl/α,β-unsaturated/α-hetero) is 3. The van der Waals surface area contributed by atoms with Crippen molar-refractivity contribution < 1.29 is 81.8 Å². The standard InChI is InChI=1S/C57H69FN6O16/c1-27-12-11-13-28(2)54(73)60-44-45(63-24-35(25-63)55(74)62-19-17-61(18-20-62)39-15-14-36(22-38(39)58)64-26-37(79-56(64)75)23-59-33(7)65)50(71)41-42(49(44)70)48(69)32(6)52-43(41)53(72)57(9,80-52)77-21-16-40(76-10)29(3)51(78-34(8)66)31(5)47(68)30(4)46(27)67/h11-16,21-22,27,29-31,35,37,40,46-47,51,67-69H,17-20,23-26H2,1-10H3,(H,59,65)(H,60,73)/b12-11+,21-16+,28-13-/t27-,29+,30+,31+,37-,40-,46-,47+,51+,57-/m0/s1. The number of ether oxygens (including phenoxy) is 5. The molecule has 0 aromatic heterocycles. The number of likely N-dealkylation sites (tertiary alicyclic amines) is 1. The Morgan fingerprint density at radius 1 is 0.875 bits per heavy atom. The predicted octanol–water partition coefficient (Wildman–Crippen LogP) is 3.84. The monoisotopic (exact) mass is 1110 g/mol. The molecule has 2 aromatic carbocycles. The number of methoxy groups -OCH3 is 1. The van der Waals surface area contributed by atoms with Crippen molar-refractivity contribution >= 4 is 58.5 Å². The summed E-state index contributed by atoms with van der Waals surface area (Å²) >= 11 is 0. The third-order valence-electron chi connectivity index (χ3n) is 16.1. The lowest BCUT2D eigenvalue weighted by Crippen LogP contribution is -2.59. The van der Waals surface area contributed by atoms with Crippen LogP contribution in [0.4, 0.5) is 20.6 Å². The summed E-state index contributed by atoms with van der Waals surface area (Å²) in [5.74, 6) is -12.0. The quantitative estimate of drug-likeness (QED) is 0.235. The second kappa shape index (κ2) is 23.2. The SMILES string of the molecule is CO[C@H]1/C=C/O[C@@]2(C)Oc3c(C)c(O)c4c(c3C2=O)C(=O)C(N2CC(C(=O)N3CCN(c5ccc(N6C[C@H](CNC(C)=O)OC6=O)cc5F)CC3)C2)=C(NC(=O)/C(C)=C\C=C\[C@H](C)[C@H](O)[C@@H](C)[C@@H](O)[C@@H](C)[C@H](OC(C)=O)[C@@H]1C)C4=O. The first-order valence-electron chi connectivity index (χ1n) is 26.6. The second-order valence-corrected chi connectivity index (χ2v) is 21.6. The first-order valence-corrected chi connectivity index (χ1v) is 26.6. The molecule has 9 rings (SSSR count). The number of fused-ring (bicyclic) bond motifs is 14. The summed E-state index contributed by atoms with van der Waals surface area (Å²) < 4.78 is 44.7. The molecule has 80 heavy (non-hydrogen) atoms. The summed E-state index contributed by atoms with van der Waals surface area (Å²) in [7, 11) is 1.40. The molecule has 0 saturated carbocycles. The summed E-state index contributed by atoms with van der Waals surface area (Å²) in [6.45, 7) is 14.4. The number of anilines is 2. The second-order valence-electron chi connectivity index (χ2n) is 21.6. The van der Waals surface area contributed by atoms with Crippen LogP contribution in [0.15, 0.2) is 65.7 Å². The summed E-state index contributed by atoms with van der Waals surface area (Å²) in [5.41, 5.74) is -1.73. The molecule has 0 unspecified atom stereocenters. The molecule has 22 nitrogen and oxygen atoms in total. The van der Waals surface area contributed by atoms with Crippen LogP contribution >= 0.6 is 0 Å². The summed E-state index contributed by atoms with van der Waals surface area (Å²) in [6, 6.07) is 4.37. The Balaban J connectivity index is 1.06. The molecule has 3 saturated heterocycles. The lowest BCUT2D eigenvalue weighted by molar-refractivity contribution is -0.160. The maximum atomic E-state index is 15.7. The zero-order valence-corrected chi connectivity index (χ0v) is 46.4. The number of allylic oxidation sites excluding steroid dienone is 4. The number of hydrogen-bond donors (Lipinski definition) is 5. The van der Waals surface area contributed by atoms with E-state index in [4.69, 9.17) is 23.7 Å². The van der Waals surface area contributed by atoms with Crippen LogP contribution in [0.2, 0.25) is 0 Å². The van der Waals surface area contributed by atoms with E-state index in [-0.39, 0.29) is 104 Å². The Kier molecular flexibility index (Phi) is 17.0. The minimum Gasteiger partial charge on any atom is -0.507 e. The molecule has 430 valence electrons. The maximum Gasteiger partial charge on any atom is 0.414 e. The number of rotatable bonds is 8. The maximum absolute atomic E-state index is 15.7. The van der Waals surface area contributed by atoms with Crippen LogP contribution in [0.1, 0.15) is 92.0 Å². The topological polar surface area (TPSA) is 280 Å². The highest BCUT2D eigenvalue weighted by Crippen LogP contribution is 2.49. The Morgan fingerprint density at radius 3 is 2.20 bits per heavy atom. The van der Waals surface area contributed by atoms with E-state index in [1.807, 2.05) is 0 Å². The zero-order valence-electron chi connectivity index (χ0n) is 46.4. The number of halogens is 1. The van der Waals surface area contributed by atoms with Gasteiger partial charge >= 0.3 is 17.8 Å². The molecule has 0 spiro atoms. The number of hydrogen-bond acceptors (Lipinski definition) is 18. The highest BCUT2D eigenvalue weighted by Gasteiger charge is 2.54. The highest BCUT2D eigenvalue weighted by molar-refractivity contribution is 6.32. The molecular formula is C57H69FN6O16. The summed E-state index contributed by atoms with van der Waals surface area (Å²) in [5, 5.41) is 40.0. The van der Waals surface area contributed by atoms with E-state index in [2.05, 4.69) is 10.6 Å². The fourth-order valence-electron chi connectivity index (χ4n) is 11.2. The van der Waals surface area contributed by atoms with E-state index in [0.717, 1.165) is 6.26 Å². The number of aromatic hydroxyl groups is 1. The molecule has 7 aliphatic rings. The molecule has 5 N–H and O–H groups in total. The third-order valence-corrected chi connectivity index (χ3v) is 16.1. The number of aliphatic hydroxyl groups is 2. The zero-order chi connectivity index (χ0) is 58.4. The van der Waals surface area contributed by atoms with Crippen molar-refractivity contribution in [3.05, 3.63) is 93.8 Å². The van der Waals surface area contributed by atoms with Crippen LogP contribution in [0.5, 0.6) is 11.5 Å². The summed E-state index contributed by atoms with van der Waals surface area (Å²) in [6.07, 6.45) is 1.70. The number of ketones is 3. The molecular weight excluding hydrogens is 1040 g/mol. The lowest BCUT2D eigenvalue weighted by atomic mass is 9.78. The van der Waals surface area contributed by atoms with Crippen molar-refractivity contribution in [2.75, 3.05) is 69.3 Å². The van der Waals surface area contributed by atoms with Gasteiger partial charge in [0.05, 0.1) is 71.6 Å². The number of nitrogens with one attached hydrogen (secondary N) is 2. The average molecular weight is 1110 g/mol. The van der Waals surface area contributed by atoms with Gasteiger partial charge in [0.2, 0.25) is 23.4 Å². The normalized spacial score (nSPS) is 30.2. The van der Waals surface area contributed by atoms with Crippen molar-refractivity contribution in [2.45, 2.75) is 98.6 Å². The third kappa shape index (κ3) is 11.1. The molecule has 3 fully saturated rings. The number of esters is 1. The fraction of sp³-hybridized carbons (Fsp3) is 0.509. The number of benzene rings is 2. The molecule has 4 amide bonds. The van der Waals surface area contributed by atoms with Crippen LogP contribution in [0.25, 0.3) is 0 Å². The summed E-state index contributed by atoms with van der Waals surface area (Å²) in [4.78, 5) is 116. The highest BCUT2D eigenvalue weighted by atomic mass is 19.1. The van der Waals surface area contributed by atoms with E-state index < -0.39 is 130 Å². The number of amides is 4. The minimum absolute atomic E-state index is 0.0538. The van der Waals surface area contributed by atoms with Gasteiger partial charge in [0.25, 0.3) is 11.7 Å².